The lowest BCUT2D eigenvalue weighted by atomic mass is 9.91. The molecule has 1 amide bonds. The zero-order valence-corrected chi connectivity index (χ0v) is 17.8. The predicted molar refractivity (Wildman–Crippen MR) is 115 cm³/mol. The van der Waals surface area contributed by atoms with Crippen molar-refractivity contribution in [3.05, 3.63) is 35.9 Å². The van der Waals surface area contributed by atoms with E-state index in [2.05, 4.69) is 21.8 Å². The molecule has 0 bridgehead atoms. The molecular formula is C23H31N5O. The van der Waals surface area contributed by atoms with Crippen LogP contribution < -0.4 is 4.90 Å². The lowest BCUT2D eigenvalue weighted by Crippen LogP contribution is -2.42. The molecule has 0 spiro atoms. The fourth-order valence-electron chi connectivity index (χ4n) is 4.72. The zero-order valence-electron chi connectivity index (χ0n) is 17.8. The first-order valence-electron chi connectivity index (χ1n) is 10.8. The standard InChI is InChI=1S/C23H31N5O/c1-16-14-24-12-11-18(16)19-15-25-23(27(2)3)26-21(19)20-10-6-7-13-28(20)22(29)17-8-4-5-9-17/h11-12,14-15,17,20H,4-10,13H2,1-3H3/t20-/m1/s1. The first-order chi connectivity index (χ1) is 14.1. The van der Waals surface area contributed by atoms with E-state index in [9.17, 15) is 4.79 Å². The van der Waals surface area contributed by atoms with E-state index in [-0.39, 0.29) is 12.0 Å². The van der Waals surface area contributed by atoms with Crippen LogP contribution in [0.1, 0.15) is 62.2 Å². The Hall–Kier alpha value is -2.50. The molecule has 154 valence electrons. The molecule has 2 aliphatic rings. The first-order valence-corrected chi connectivity index (χ1v) is 10.8. The van der Waals surface area contributed by atoms with Gasteiger partial charge in [-0.05, 0) is 56.2 Å². The Morgan fingerprint density at radius 2 is 1.83 bits per heavy atom. The van der Waals surface area contributed by atoms with Gasteiger partial charge in [-0.3, -0.25) is 9.78 Å². The molecule has 2 fully saturated rings. The minimum atomic E-state index is 0.0149. The van der Waals surface area contributed by atoms with Crippen molar-refractivity contribution in [3.63, 3.8) is 0 Å². The van der Waals surface area contributed by atoms with Gasteiger partial charge in [0.1, 0.15) is 0 Å². The fourth-order valence-corrected chi connectivity index (χ4v) is 4.72. The summed E-state index contributed by atoms with van der Waals surface area (Å²) in [5.41, 5.74) is 4.19. The smallest absolute Gasteiger partial charge is 0.226 e. The molecule has 0 unspecified atom stereocenters. The van der Waals surface area contributed by atoms with E-state index in [1.54, 1.807) is 0 Å². The number of aromatic nitrogens is 3. The largest absolute Gasteiger partial charge is 0.347 e. The van der Waals surface area contributed by atoms with Gasteiger partial charge in [-0.25, -0.2) is 9.97 Å². The lowest BCUT2D eigenvalue weighted by molar-refractivity contribution is -0.139. The van der Waals surface area contributed by atoms with Gasteiger partial charge >= 0.3 is 0 Å². The highest BCUT2D eigenvalue weighted by atomic mass is 16.2. The van der Waals surface area contributed by atoms with Crippen LogP contribution in [0.3, 0.4) is 0 Å². The van der Waals surface area contributed by atoms with Crippen LogP contribution >= 0.6 is 0 Å². The molecule has 6 heteroatoms. The van der Waals surface area contributed by atoms with Gasteiger partial charge in [0.15, 0.2) is 0 Å². The molecule has 1 aliphatic carbocycles. The normalized spacial score (nSPS) is 20.1. The molecule has 4 rings (SSSR count). The molecule has 6 nitrogen and oxygen atoms in total. The molecule has 1 atom stereocenters. The number of hydrogen-bond acceptors (Lipinski definition) is 5. The van der Waals surface area contributed by atoms with Crippen molar-refractivity contribution in [3.8, 4) is 11.1 Å². The summed E-state index contributed by atoms with van der Waals surface area (Å²) in [4.78, 5) is 31.2. The Morgan fingerprint density at radius 1 is 1.07 bits per heavy atom. The summed E-state index contributed by atoms with van der Waals surface area (Å²) in [6, 6.07) is 2.04. The Balaban J connectivity index is 1.78. The van der Waals surface area contributed by atoms with Crippen molar-refractivity contribution >= 4 is 11.9 Å². The third-order valence-corrected chi connectivity index (χ3v) is 6.32. The number of rotatable bonds is 4. The molecule has 1 saturated heterocycles. The van der Waals surface area contributed by atoms with Crippen LogP contribution in [0.5, 0.6) is 0 Å². The van der Waals surface area contributed by atoms with Gasteiger partial charge in [-0.2, -0.15) is 0 Å². The van der Waals surface area contributed by atoms with Crippen LogP contribution in [0.25, 0.3) is 11.1 Å². The Kier molecular flexibility index (Phi) is 5.79. The molecule has 1 saturated carbocycles. The van der Waals surface area contributed by atoms with Crippen LogP contribution in [0, 0.1) is 12.8 Å². The predicted octanol–water partition coefficient (Wildman–Crippen LogP) is 4.16. The van der Waals surface area contributed by atoms with Crippen LogP contribution in [0.2, 0.25) is 0 Å². The van der Waals surface area contributed by atoms with Crippen molar-refractivity contribution < 1.29 is 4.79 Å². The van der Waals surface area contributed by atoms with Crippen molar-refractivity contribution in [2.24, 2.45) is 5.92 Å². The highest BCUT2D eigenvalue weighted by Crippen LogP contribution is 2.39. The Bertz CT molecular complexity index is 875. The van der Waals surface area contributed by atoms with E-state index in [0.29, 0.717) is 11.9 Å². The highest BCUT2D eigenvalue weighted by molar-refractivity contribution is 5.80. The van der Waals surface area contributed by atoms with Crippen molar-refractivity contribution in [2.75, 3.05) is 25.5 Å². The van der Waals surface area contributed by atoms with Gasteiger partial charge < -0.3 is 9.80 Å². The molecule has 2 aromatic heterocycles. The van der Waals surface area contributed by atoms with E-state index in [4.69, 9.17) is 4.98 Å². The molecule has 0 N–H and O–H groups in total. The maximum atomic E-state index is 13.4. The summed E-state index contributed by atoms with van der Waals surface area (Å²) in [5.74, 6) is 1.21. The first kappa shape index (κ1) is 19.8. The monoisotopic (exact) mass is 393 g/mol. The minimum Gasteiger partial charge on any atom is -0.347 e. The second-order valence-corrected chi connectivity index (χ2v) is 8.58. The molecular weight excluding hydrogens is 362 g/mol. The van der Waals surface area contributed by atoms with E-state index in [1.807, 2.05) is 43.7 Å². The number of likely N-dealkylation sites (tertiary alicyclic amines) is 1. The van der Waals surface area contributed by atoms with Crippen molar-refractivity contribution in [2.45, 2.75) is 57.9 Å². The average Bonchev–Trinajstić information content (AvgIpc) is 3.28. The lowest BCUT2D eigenvalue weighted by Gasteiger charge is -2.38. The van der Waals surface area contributed by atoms with Crippen LogP contribution in [0.4, 0.5) is 5.95 Å². The summed E-state index contributed by atoms with van der Waals surface area (Å²) in [7, 11) is 3.91. The van der Waals surface area contributed by atoms with Crippen LogP contribution in [0.15, 0.2) is 24.7 Å². The summed E-state index contributed by atoms with van der Waals surface area (Å²) in [5, 5.41) is 0. The number of hydrogen-bond donors (Lipinski definition) is 0. The molecule has 1 aliphatic heterocycles. The summed E-state index contributed by atoms with van der Waals surface area (Å²) in [6.07, 6.45) is 13.2. The Morgan fingerprint density at radius 3 is 2.55 bits per heavy atom. The second kappa shape index (κ2) is 8.47. The topological polar surface area (TPSA) is 62.2 Å². The van der Waals surface area contributed by atoms with Crippen molar-refractivity contribution in [1.29, 1.82) is 0 Å². The van der Waals surface area contributed by atoms with Gasteiger partial charge in [-0.1, -0.05) is 12.8 Å². The summed E-state index contributed by atoms with van der Waals surface area (Å²) < 4.78 is 0. The van der Waals surface area contributed by atoms with E-state index in [0.717, 1.165) is 61.0 Å². The number of anilines is 1. The van der Waals surface area contributed by atoms with E-state index >= 15 is 0 Å². The quantitative estimate of drug-likeness (QED) is 0.781. The van der Waals surface area contributed by atoms with Gasteiger partial charge in [-0.15, -0.1) is 0 Å². The second-order valence-electron chi connectivity index (χ2n) is 8.58. The molecule has 0 aromatic carbocycles. The summed E-state index contributed by atoms with van der Waals surface area (Å²) >= 11 is 0. The summed E-state index contributed by atoms with van der Waals surface area (Å²) in [6.45, 7) is 2.89. The molecule has 2 aromatic rings. The Labute approximate surface area is 173 Å². The SMILES string of the molecule is Cc1cnccc1-c1cnc(N(C)C)nc1[C@H]1CCCCN1C(=O)C1CCCC1. The van der Waals surface area contributed by atoms with E-state index in [1.165, 1.54) is 12.8 Å². The van der Waals surface area contributed by atoms with Crippen LogP contribution in [-0.2, 0) is 4.79 Å². The number of aryl methyl sites for hydroxylation is 1. The third-order valence-electron chi connectivity index (χ3n) is 6.32. The highest BCUT2D eigenvalue weighted by Gasteiger charge is 2.35. The van der Waals surface area contributed by atoms with Gasteiger partial charge in [0, 0.05) is 50.7 Å². The third kappa shape index (κ3) is 3.98. The van der Waals surface area contributed by atoms with Gasteiger partial charge in [0.2, 0.25) is 11.9 Å². The van der Waals surface area contributed by atoms with Crippen LogP contribution in [-0.4, -0.2) is 46.4 Å². The van der Waals surface area contributed by atoms with Gasteiger partial charge in [0.05, 0.1) is 11.7 Å². The molecule has 0 radical (unpaired) electrons. The number of carbonyl (C=O) groups excluding carboxylic acids is 1. The number of piperidine rings is 1. The average molecular weight is 394 g/mol. The number of nitrogens with zero attached hydrogens (tertiary/aromatic N) is 5. The molecule has 29 heavy (non-hydrogen) atoms. The van der Waals surface area contributed by atoms with E-state index < -0.39 is 0 Å². The maximum absolute atomic E-state index is 13.4. The number of pyridine rings is 1. The maximum Gasteiger partial charge on any atom is 0.226 e. The number of amides is 1. The van der Waals surface area contributed by atoms with Gasteiger partial charge in [0.25, 0.3) is 0 Å². The molecule has 3 heterocycles. The number of carbonyl (C=O) groups is 1. The zero-order chi connectivity index (χ0) is 20.4. The minimum absolute atomic E-state index is 0.0149. The fraction of sp³-hybridized carbons (Fsp3) is 0.565. The van der Waals surface area contributed by atoms with Crippen molar-refractivity contribution in [1.82, 2.24) is 19.9 Å².